The van der Waals surface area contributed by atoms with Crippen LogP contribution in [0.4, 0.5) is 0 Å². The van der Waals surface area contributed by atoms with Crippen molar-refractivity contribution >= 4 is 29.3 Å². The van der Waals surface area contributed by atoms with Gasteiger partial charge in [0.2, 0.25) is 5.91 Å². The van der Waals surface area contributed by atoms with Crippen molar-refractivity contribution in [3.05, 3.63) is 65.2 Å². The predicted octanol–water partition coefficient (Wildman–Crippen LogP) is 5.38. The molecule has 0 saturated heterocycles. The highest BCUT2D eigenvalue weighted by atomic mass is 35.5. The highest BCUT2D eigenvalue weighted by Gasteiger charge is 2.26. The number of carbonyl (C=O) groups is 1. The predicted molar refractivity (Wildman–Crippen MR) is 130 cm³/mol. The molecular weight excluding hydrogens is 444 g/mol. The molecule has 0 spiro atoms. The summed E-state index contributed by atoms with van der Waals surface area (Å²) in [7, 11) is 0. The lowest BCUT2D eigenvalue weighted by Crippen LogP contribution is -2.33. The standard InChI is InChI=1S/C24H29ClN4O2S/c1-4-31-16-8-15-29-22(19-11-13-20(25)14-12-19)27-28-24(29)32-21(23(30)26-17(2)3)18-9-6-5-7-10-18/h5-7,9-14,17,21H,4,8,15-16H2,1-3H3,(H,26,30). The van der Waals surface area contributed by atoms with E-state index in [4.69, 9.17) is 16.3 Å². The molecule has 0 aliphatic rings. The van der Waals surface area contributed by atoms with Gasteiger partial charge in [0.05, 0.1) is 0 Å². The Balaban J connectivity index is 1.94. The minimum absolute atomic E-state index is 0.0444. The van der Waals surface area contributed by atoms with E-state index in [0.29, 0.717) is 29.9 Å². The molecule has 1 aromatic heterocycles. The molecule has 0 bridgehead atoms. The van der Waals surface area contributed by atoms with Gasteiger partial charge in [0.25, 0.3) is 0 Å². The highest BCUT2D eigenvalue weighted by molar-refractivity contribution is 8.00. The third-order valence-electron chi connectivity index (χ3n) is 4.69. The van der Waals surface area contributed by atoms with Gasteiger partial charge >= 0.3 is 0 Å². The number of hydrogen-bond acceptors (Lipinski definition) is 5. The average Bonchev–Trinajstić information content (AvgIpc) is 3.18. The molecule has 6 nitrogen and oxygen atoms in total. The lowest BCUT2D eigenvalue weighted by molar-refractivity contribution is -0.121. The maximum atomic E-state index is 13.1. The first-order valence-corrected chi connectivity index (χ1v) is 12.0. The molecule has 3 aromatic rings. The van der Waals surface area contributed by atoms with Gasteiger partial charge in [0, 0.05) is 36.4 Å². The number of halogens is 1. The van der Waals surface area contributed by atoms with E-state index >= 15 is 0 Å². The summed E-state index contributed by atoms with van der Waals surface area (Å²) in [6.07, 6.45) is 0.814. The fourth-order valence-corrected chi connectivity index (χ4v) is 4.42. The highest BCUT2D eigenvalue weighted by Crippen LogP contribution is 2.36. The normalized spacial score (nSPS) is 12.2. The van der Waals surface area contributed by atoms with Crippen molar-refractivity contribution in [3.63, 3.8) is 0 Å². The molecular formula is C24H29ClN4O2S. The van der Waals surface area contributed by atoms with Crippen LogP contribution >= 0.6 is 23.4 Å². The van der Waals surface area contributed by atoms with Crippen LogP contribution in [0, 0.1) is 0 Å². The van der Waals surface area contributed by atoms with Crippen LogP contribution in [0.1, 0.15) is 38.0 Å². The summed E-state index contributed by atoms with van der Waals surface area (Å²) in [4.78, 5) is 13.1. The van der Waals surface area contributed by atoms with Gasteiger partial charge < -0.3 is 14.6 Å². The molecule has 0 fully saturated rings. The van der Waals surface area contributed by atoms with Gasteiger partial charge in [-0.05, 0) is 57.0 Å². The number of amides is 1. The lowest BCUT2D eigenvalue weighted by atomic mass is 10.1. The van der Waals surface area contributed by atoms with E-state index < -0.39 is 5.25 Å². The first-order chi connectivity index (χ1) is 15.5. The molecule has 32 heavy (non-hydrogen) atoms. The zero-order valence-electron chi connectivity index (χ0n) is 18.6. The van der Waals surface area contributed by atoms with E-state index in [0.717, 1.165) is 23.4 Å². The van der Waals surface area contributed by atoms with Crippen molar-refractivity contribution < 1.29 is 9.53 Å². The van der Waals surface area contributed by atoms with Crippen molar-refractivity contribution in [1.29, 1.82) is 0 Å². The van der Waals surface area contributed by atoms with Crippen LogP contribution in [-0.4, -0.2) is 39.9 Å². The van der Waals surface area contributed by atoms with E-state index in [9.17, 15) is 4.79 Å². The van der Waals surface area contributed by atoms with Crippen molar-refractivity contribution in [2.45, 2.75) is 50.2 Å². The van der Waals surface area contributed by atoms with Crippen molar-refractivity contribution in [2.24, 2.45) is 0 Å². The summed E-state index contributed by atoms with van der Waals surface area (Å²) in [6, 6.07) is 17.3. The molecule has 2 aromatic carbocycles. The van der Waals surface area contributed by atoms with Gasteiger partial charge in [-0.25, -0.2) is 0 Å². The fraction of sp³-hybridized carbons (Fsp3) is 0.375. The Morgan fingerprint density at radius 2 is 1.84 bits per heavy atom. The third kappa shape index (κ3) is 6.58. The van der Waals surface area contributed by atoms with Gasteiger partial charge in [-0.2, -0.15) is 0 Å². The quantitative estimate of drug-likeness (QED) is 0.299. The molecule has 3 rings (SSSR count). The van der Waals surface area contributed by atoms with Crippen molar-refractivity contribution in [3.8, 4) is 11.4 Å². The SMILES string of the molecule is CCOCCCn1c(SC(C(=O)NC(C)C)c2ccccc2)nnc1-c1ccc(Cl)cc1. The minimum atomic E-state index is -0.438. The molecule has 0 aliphatic carbocycles. The first-order valence-electron chi connectivity index (χ1n) is 10.8. The molecule has 1 N–H and O–H groups in total. The maximum absolute atomic E-state index is 13.1. The molecule has 8 heteroatoms. The minimum Gasteiger partial charge on any atom is -0.382 e. The molecule has 1 amide bonds. The van der Waals surface area contributed by atoms with Crippen LogP contribution in [0.25, 0.3) is 11.4 Å². The van der Waals surface area contributed by atoms with E-state index in [-0.39, 0.29) is 11.9 Å². The van der Waals surface area contributed by atoms with Crippen LogP contribution < -0.4 is 5.32 Å². The Morgan fingerprint density at radius 3 is 2.50 bits per heavy atom. The summed E-state index contributed by atoms with van der Waals surface area (Å²) in [6.45, 7) is 7.91. The largest absolute Gasteiger partial charge is 0.382 e. The van der Waals surface area contributed by atoms with Crippen LogP contribution in [0.15, 0.2) is 59.8 Å². The summed E-state index contributed by atoms with van der Waals surface area (Å²) in [5, 5.41) is 12.9. The van der Waals surface area contributed by atoms with E-state index in [1.807, 2.05) is 75.4 Å². The number of nitrogens with one attached hydrogen (secondary N) is 1. The van der Waals surface area contributed by atoms with Crippen LogP contribution in [-0.2, 0) is 16.1 Å². The lowest BCUT2D eigenvalue weighted by Gasteiger charge is -2.19. The van der Waals surface area contributed by atoms with Gasteiger partial charge in [0.1, 0.15) is 5.25 Å². The molecule has 1 heterocycles. The van der Waals surface area contributed by atoms with E-state index in [2.05, 4.69) is 20.1 Å². The smallest absolute Gasteiger partial charge is 0.238 e. The summed E-state index contributed by atoms with van der Waals surface area (Å²) in [5.74, 6) is 0.699. The average molecular weight is 473 g/mol. The Bertz CT molecular complexity index is 993. The molecule has 0 saturated carbocycles. The summed E-state index contributed by atoms with van der Waals surface area (Å²) >= 11 is 7.48. The Labute approximate surface area is 198 Å². The molecule has 1 unspecified atom stereocenters. The second kappa shape index (κ2) is 12.0. The zero-order chi connectivity index (χ0) is 22.9. The topological polar surface area (TPSA) is 69.0 Å². The van der Waals surface area contributed by atoms with E-state index in [1.54, 1.807) is 0 Å². The Hall–Kier alpha value is -2.35. The first kappa shape index (κ1) is 24.3. The summed E-state index contributed by atoms with van der Waals surface area (Å²) in [5.41, 5.74) is 1.85. The van der Waals surface area contributed by atoms with Crippen molar-refractivity contribution in [1.82, 2.24) is 20.1 Å². The fourth-order valence-electron chi connectivity index (χ4n) is 3.23. The molecule has 0 radical (unpaired) electrons. The van der Waals surface area contributed by atoms with Gasteiger partial charge in [-0.15, -0.1) is 10.2 Å². The van der Waals surface area contributed by atoms with Crippen molar-refractivity contribution in [2.75, 3.05) is 13.2 Å². The zero-order valence-corrected chi connectivity index (χ0v) is 20.2. The van der Waals surface area contributed by atoms with Gasteiger partial charge in [-0.3, -0.25) is 4.79 Å². The van der Waals surface area contributed by atoms with Crippen LogP contribution in [0.3, 0.4) is 0 Å². The number of ether oxygens (including phenoxy) is 1. The van der Waals surface area contributed by atoms with Crippen LogP contribution in [0.2, 0.25) is 5.02 Å². The molecule has 1 atom stereocenters. The third-order valence-corrected chi connectivity index (χ3v) is 6.18. The molecule has 170 valence electrons. The number of nitrogens with zero attached hydrogens (tertiary/aromatic N) is 3. The molecule has 0 aliphatic heterocycles. The number of thioether (sulfide) groups is 1. The number of rotatable bonds is 11. The monoisotopic (exact) mass is 472 g/mol. The van der Waals surface area contributed by atoms with E-state index in [1.165, 1.54) is 11.8 Å². The Kier molecular flexibility index (Phi) is 9.14. The maximum Gasteiger partial charge on any atom is 0.238 e. The number of hydrogen-bond donors (Lipinski definition) is 1. The number of aromatic nitrogens is 3. The number of benzene rings is 2. The second-order valence-corrected chi connectivity index (χ2v) is 9.10. The van der Waals surface area contributed by atoms with Crippen LogP contribution in [0.5, 0.6) is 0 Å². The van der Waals surface area contributed by atoms with Gasteiger partial charge in [-0.1, -0.05) is 53.7 Å². The second-order valence-electron chi connectivity index (χ2n) is 7.59. The number of carbonyl (C=O) groups excluding carboxylic acids is 1. The summed E-state index contributed by atoms with van der Waals surface area (Å²) < 4.78 is 7.58. The van der Waals surface area contributed by atoms with Gasteiger partial charge in [0.15, 0.2) is 11.0 Å². The Morgan fingerprint density at radius 1 is 1.12 bits per heavy atom.